The topological polar surface area (TPSA) is 62.5 Å². The Morgan fingerprint density at radius 2 is 2.19 bits per heavy atom. The summed E-state index contributed by atoms with van der Waals surface area (Å²) in [5.41, 5.74) is 1.02. The number of phenols is 1. The first-order chi connectivity index (χ1) is 7.56. The third kappa shape index (κ3) is 1.48. The molecule has 0 aliphatic carbocycles. The molecule has 2 aromatic rings. The average molecular weight is 284 g/mol. The smallest absolute Gasteiger partial charge is 0.352 e. The molecule has 0 saturated heterocycles. The molecule has 0 radical (unpaired) electrons. The molecule has 0 spiro atoms. The third-order valence-electron chi connectivity index (χ3n) is 2.53. The Balaban J connectivity index is 2.87. The maximum atomic E-state index is 11.0. The summed E-state index contributed by atoms with van der Waals surface area (Å²) in [5.74, 6) is -0.859. The van der Waals surface area contributed by atoms with Gasteiger partial charge in [0.1, 0.15) is 11.4 Å². The lowest BCUT2D eigenvalue weighted by Crippen LogP contribution is -2.06. The lowest BCUT2D eigenvalue weighted by Gasteiger charge is -2.04. The molecule has 5 heteroatoms. The minimum absolute atomic E-state index is 0.109. The molecule has 1 aromatic carbocycles. The second-order valence-electron chi connectivity index (χ2n) is 3.41. The van der Waals surface area contributed by atoms with Crippen molar-refractivity contribution in [3.8, 4) is 5.75 Å². The Hall–Kier alpha value is -1.49. The van der Waals surface area contributed by atoms with Crippen molar-refractivity contribution >= 4 is 32.8 Å². The predicted octanol–water partition coefficient (Wildman–Crippen LogP) is 2.83. The highest BCUT2D eigenvalue weighted by Crippen LogP contribution is 2.34. The SMILES string of the molecule is CCn1c(C(=O)O)cc2c(Br)c(O)ccc21. The van der Waals surface area contributed by atoms with Crippen LogP contribution < -0.4 is 0 Å². The Bertz CT molecular complexity index is 574. The van der Waals surface area contributed by atoms with Gasteiger partial charge < -0.3 is 14.8 Å². The highest BCUT2D eigenvalue weighted by molar-refractivity contribution is 9.10. The molecule has 0 amide bonds. The summed E-state index contributed by atoms with van der Waals surface area (Å²) in [5, 5.41) is 19.3. The van der Waals surface area contributed by atoms with E-state index in [-0.39, 0.29) is 11.4 Å². The van der Waals surface area contributed by atoms with Crippen LogP contribution in [0.15, 0.2) is 22.7 Å². The van der Waals surface area contributed by atoms with E-state index in [2.05, 4.69) is 15.9 Å². The van der Waals surface area contributed by atoms with Gasteiger partial charge in [-0.05, 0) is 41.1 Å². The van der Waals surface area contributed by atoms with E-state index in [0.717, 1.165) is 5.52 Å². The van der Waals surface area contributed by atoms with Gasteiger partial charge in [0.05, 0.1) is 9.99 Å². The van der Waals surface area contributed by atoms with Gasteiger partial charge in [0.2, 0.25) is 0 Å². The number of carbonyl (C=O) groups is 1. The van der Waals surface area contributed by atoms with Crippen molar-refractivity contribution in [1.82, 2.24) is 4.57 Å². The van der Waals surface area contributed by atoms with Crippen molar-refractivity contribution in [2.75, 3.05) is 0 Å². The zero-order chi connectivity index (χ0) is 11.9. The first-order valence-electron chi connectivity index (χ1n) is 4.80. The second kappa shape index (κ2) is 3.83. The number of phenolic OH excluding ortho intramolecular Hbond substituents is 1. The number of aromatic carboxylic acids is 1. The summed E-state index contributed by atoms with van der Waals surface area (Å²) in [6.07, 6.45) is 0. The van der Waals surface area contributed by atoms with Crippen LogP contribution in [-0.4, -0.2) is 20.7 Å². The van der Waals surface area contributed by atoms with E-state index < -0.39 is 5.97 Å². The Labute approximate surface area is 100 Å². The highest BCUT2D eigenvalue weighted by Gasteiger charge is 2.16. The van der Waals surface area contributed by atoms with Crippen molar-refractivity contribution in [3.63, 3.8) is 0 Å². The van der Waals surface area contributed by atoms with Crippen LogP contribution in [0.4, 0.5) is 0 Å². The number of carboxylic acid groups (broad SMARTS) is 1. The quantitative estimate of drug-likeness (QED) is 0.891. The van der Waals surface area contributed by atoms with E-state index in [1.54, 1.807) is 22.8 Å². The number of hydrogen-bond acceptors (Lipinski definition) is 2. The van der Waals surface area contributed by atoms with Crippen LogP contribution >= 0.6 is 15.9 Å². The lowest BCUT2D eigenvalue weighted by molar-refractivity contribution is 0.0686. The van der Waals surface area contributed by atoms with E-state index in [1.165, 1.54) is 0 Å². The number of aromatic hydroxyl groups is 1. The molecule has 0 unspecified atom stereocenters. The molecule has 84 valence electrons. The highest BCUT2D eigenvalue weighted by atomic mass is 79.9. The number of aryl methyl sites for hydroxylation is 1. The summed E-state index contributed by atoms with van der Waals surface area (Å²) in [6.45, 7) is 2.45. The maximum Gasteiger partial charge on any atom is 0.352 e. The van der Waals surface area contributed by atoms with Crippen LogP contribution in [-0.2, 0) is 6.54 Å². The molecule has 1 heterocycles. The number of carboxylic acids is 1. The number of hydrogen-bond donors (Lipinski definition) is 2. The number of benzene rings is 1. The molecule has 0 aliphatic heterocycles. The molecule has 0 atom stereocenters. The zero-order valence-corrected chi connectivity index (χ0v) is 10.2. The van der Waals surface area contributed by atoms with Crippen molar-refractivity contribution in [2.24, 2.45) is 0 Å². The van der Waals surface area contributed by atoms with Gasteiger partial charge in [-0.25, -0.2) is 4.79 Å². The molecule has 2 N–H and O–H groups in total. The monoisotopic (exact) mass is 283 g/mol. The summed E-state index contributed by atoms with van der Waals surface area (Å²) >= 11 is 3.25. The van der Waals surface area contributed by atoms with Crippen molar-refractivity contribution in [1.29, 1.82) is 0 Å². The third-order valence-corrected chi connectivity index (χ3v) is 3.37. The van der Waals surface area contributed by atoms with Crippen molar-refractivity contribution in [3.05, 3.63) is 28.4 Å². The molecular formula is C11H10BrNO3. The molecule has 4 nitrogen and oxygen atoms in total. The Morgan fingerprint density at radius 3 is 2.75 bits per heavy atom. The first-order valence-corrected chi connectivity index (χ1v) is 5.59. The molecule has 0 fully saturated rings. The number of halogens is 1. The fraction of sp³-hybridized carbons (Fsp3) is 0.182. The van der Waals surface area contributed by atoms with Crippen LogP contribution in [0.25, 0.3) is 10.9 Å². The van der Waals surface area contributed by atoms with Crippen LogP contribution in [0, 0.1) is 0 Å². The minimum Gasteiger partial charge on any atom is -0.507 e. The second-order valence-corrected chi connectivity index (χ2v) is 4.20. The van der Waals surface area contributed by atoms with Crippen molar-refractivity contribution in [2.45, 2.75) is 13.5 Å². The fourth-order valence-corrected chi connectivity index (χ4v) is 2.26. The van der Waals surface area contributed by atoms with Crippen LogP contribution in [0.3, 0.4) is 0 Å². The van der Waals surface area contributed by atoms with Gasteiger partial charge in [-0.15, -0.1) is 0 Å². The van der Waals surface area contributed by atoms with Gasteiger partial charge in [-0.2, -0.15) is 0 Å². The summed E-state index contributed by atoms with van der Waals surface area (Å²) in [7, 11) is 0. The van der Waals surface area contributed by atoms with E-state index in [0.29, 0.717) is 16.4 Å². The number of rotatable bonds is 2. The number of aromatic nitrogens is 1. The standard InChI is InChI=1S/C11H10BrNO3/c1-2-13-7-3-4-9(14)10(12)6(7)5-8(13)11(15)16/h3-5,14H,2H2,1H3,(H,15,16). The van der Waals surface area contributed by atoms with Crippen LogP contribution in [0.2, 0.25) is 0 Å². The first kappa shape index (κ1) is 11.0. The predicted molar refractivity (Wildman–Crippen MR) is 63.9 cm³/mol. The van der Waals surface area contributed by atoms with Crippen molar-refractivity contribution < 1.29 is 15.0 Å². The van der Waals surface area contributed by atoms with E-state index >= 15 is 0 Å². The van der Waals surface area contributed by atoms with Gasteiger partial charge in [0, 0.05) is 11.9 Å². The molecule has 16 heavy (non-hydrogen) atoms. The van der Waals surface area contributed by atoms with Crippen LogP contribution in [0.1, 0.15) is 17.4 Å². The zero-order valence-electron chi connectivity index (χ0n) is 8.57. The summed E-state index contributed by atoms with van der Waals surface area (Å²) < 4.78 is 2.22. The minimum atomic E-state index is -0.968. The molecular weight excluding hydrogens is 274 g/mol. The van der Waals surface area contributed by atoms with E-state index in [4.69, 9.17) is 5.11 Å². The molecule has 0 aliphatic rings. The Kier molecular flexibility index (Phi) is 2.63. The van der Waals surface area contributed by atoms with E-state index in [9.17, 15) is 9.90 Å². The molecule has 1 aromatic heterocycles. The largest absolute Gasteiger partial charge is 0.507 e. The summed E-state index contributed by atoms with van der Waals surface area (Å²) in [4.78, 5) is 11.0. The number of fused-ring (bicyclic) bond motifs is 1. The number of nitrogens with zero attached hydrogens (tertiary/aromatic N) is 1. The molecule has 0 saturated carbocycles. The molecule has 0 bridgehead atoms. The summed E-state index contributed by atoms with van der Waals surface area (Å²) in [6, 6.07) is 4.82. The van der Waals surface area contributed by atoms with Gasteiger partial charge in [0.25, 0.3) is 0 Å². The fourth-order valence-electron chi connectivity index (χ4n) is 1.81. The molecule has 2 rings (SSSR count). The maximum absolute atomic E-state index is 11.0. The van der Waals surface area contributed by atoms with Gasteiger partial charge in [0.15, 0.2) is 0 Å². The van der Waals surface area contributed by atoms with Crippen LogP contribution in [0.5, 0.6) is 5.75 Å². The lowest BCUT2D eigenvalue weighted by atomic mass is 10.2. The normalized spacial score (nSPS) is 10.9. The van der Waals surface area contributed by atoms with E-state index in [1.807, 2.05) is 6.92 Å². The van der Waals surface area contributed by atoms with Gasteiger partial charge in [-0.1, -0.05) is 0 Å². The van der Waals surface area contributed by atoms with Gasteiger partial charge in [-0.3, -0.25) is 0 Å². The average Bonchev–Trinajstić information content (AvgIpc) is 2.62. The Morgan fingerprint density at radius 1 is 1.50 bits per heavy atom. The van der Waals surface area contributed by atoms with Gasteiger partial charge >= 0.3 is 5.97 Å².